The van der Waals surface area contributed by atoms with Crippen LogP contribution in [0.15, 0.2) is 35.0 Å². The summed E-state index contributed by atoms with van der Waals surface area (Å²) in [5.41, 5.74) is 7.52. The molecule has 3 rings (SSSR count). The highest BCUT2D eigenvalue weighted by Crippen LogP contribution is 2.35. The molecule has 90 valence electrons. The molecular weight excluding hydrogens is 237 g/mol. The highest BCUT2D eigenvalue weighted by molar-refractivity contribution is 5.85. The fraction of sp³-hybridized carbons (Fsp3) is 0. The molecule has 0 amide bonds. The maximum atomic E-state index is 12.9. The minimum atomic E-state index is -0.322. The van der Waals surface area contributed by atoms with E-state index in [9.17, 15) is 4.39 Å². The van der Waals surface area contributed by atoms with Gasteiger partial charge in [-0.3, -0.25) is 0 Å². The monoisotopic (exact) mass is 245 g/mol. The van der Waals surface area contributed by atoms with E-state index in [4.69, 9.17) is 10.3 Å². The summed E-state index contributed by atoms with van der Waals surface area (Å²) in [6, 6.07) is 5.88. The number of H-pyrrole nitrogens is 1. The Morgan fingerprint density at radius 2 is 2.00 bits per heavy atom. The summed E-state index contributed by atoms with van der Waals surface area (Å²) in [7, 11) is 0. The number of nitrogens with two attached hydrogens (primary N) is 1. The summed E-state index contributed by atoms with van der Waals surface area (Å²) in [5.74, 6) is 0.296. The molecule has 0 saturated heterocycles. The number of aromatic amines is 1. The third kappa shape index (κ3) is 1.61. The minimum absolute atomic E-state index is 0.222. The second kappa shape index (κ2) is 3.95. The molecule has 0 saturated carbocycles. The topological polar surface area (TPSA) is 93.6 Å². The van der Waals surface area contributed by atoms with Crippen molar-refractivity contribution in [2.75, 3.05) is 5.73 Å². The van der Waals surface area contributed by atoms with Crippen LogP contribution in [-0.4, -0.2) is 20.6 Å². The molecule has 0 fully saturated rings. The lowest BCUT2D eigenvalue weighted by atomic mass is 10.0. The minimum Gasteiger partial charge on any atom is -0.380 e. The number of nitrogen functional groups attached to an aromatic ring is 1. The maximum Gasteiger partial charge on any atom is 0.198 e. The zero-order valence-corrected chi connectivity index (χ0v) is 9.09. The first-order valence-electron chi connectivity index (χ1n) is 5.13. The van der Waals surface area contributed by atoms with Crippen molar-refractivity contribution in [2.45, 2.75) is 0 Å². The number of halogens is 1. The summed E-state index contributed by atoms with van der Waals surface area (Å²) < 4.78 is 18.0. The zero-order valence-electron chi connectivity index (χ0n) is 9.09. The van der Waals surface area contributed by atoms with Gasteiger partial charge in [0.15, 0.2) is 17.3 Å². The van der Waals surface area contributed by atoms with Crippen LogP contribution in [0.1, 0.15) is 0 Å². The number of anilines is 1. The Balaban J connectivity index is 2.17. The van der Waals surface area contributed by atoms with Crippen molar-refractivity contribution in [3.63, 3.8) is 0 Å². The van der Waals surface area contributed by atoms with E-state index in [1.165, 1.54) is 18.3 Å². The summed E-state index contributed by atoms with van der Waals surface area (Å²) in [4.78, 5) is 0. The van der Waals surface area contributed by atoms with Gasteiger partial charge in [0.25, 0.3) is 0 Å². The molecule has 2 heterocycles. The molecule has 0 aliphatic heterocycles. The largest absolute Gasteiger partial charge is 0.380 e. The number of nitrogens with one attached hydrogen (secondary N) is 1. The fourth-order valence-electron chi connectivity index (χ4n) is 1.68. The van der Waals surface area contributed by atoms with E-state index in [1.54, 1.807) is 12.1 Å². The standard InChI is InChI=1S/C11H8FN5O/c12-7-3-1-6(2-4-7)9-10(18-16-11(9)13)8-5-14-17-15-8/h1-5H,(H2,13,16)(H,14,15,17). The van der Waals surface area contributed by atoms with Gasteiger partial charge in [-0.05, 0) is 17.7 Å². The number of hydrogen-bond donors (Lipinski definition) is 2. The summed E-state index contributed by atoms with van der Waals surface area (Å²) >= 11 is 0. The average molecular weight is 245 g/mol. The molecule has 0 aliphatic carbocycles. The first kappa shape index (κ1) is 10.5. The van der Waals surface area contributed by atoms with Gasteiger partial charge in [0.1, 0.15) is 5.82 Å². The molecule has 2 aromatic heterocycles. The molecule has 0 radical (unpaired) electrons. The Kier molecular flexibility index (Phi) is 2.30. The fourth-order valence-corrected chi connectivity index (χ4v) is 1.68. The second-order valence-corrected chi connectivity index (χ2v) is 3.63. The van der Waals surface area contributed by atoms with E-state index in [2.05, 4.69) is 20.6 Å². The van der Waals surface area contributed by atoms with Gasteiger partial charge in [0.2, 0.25) is 0 Å². The predicted molar refractivity (Wildman–Crippen MR) is 61.7 cm³/mol. The van der Waals surface area contributed by atoms with Crippen LogP contribution in [-0.2, 0) is 0 Å². The van der Waals surface area contributed by atoms with Crippen LogP contribution >= 0.6 is 0 Å². The highest BCUT2D eigenvalue weighted by Gasteiger charge is 2.19. The summed E-state index contributed by atoms with van der Waals surface area (Å²) in [6.45, 7) is 0. The van der Waals surface area contributed by atoms with Crippen LogP contribution in [0.3, 0.4) is 0 Å². The van der Waals surface area contributed by atoms with Gasteiger partial charge in [-0.2, -0.15) is 15.4 Å². The number of benzene rings is 1. The molecule has 18 heavy (non-hydrogen) atoms. The molecule has 3 aromatic rings. The van der Waals surface area contributed by atoms with Gasteiger partial charge in [0.05, 0.1) is 11.8 Å². The lowest BCUT2D eigenvalue weighted by molar-refractivity contribution is 0.434. The molecule has 3 N–H and O–H groups in total. The van der Waals surface area contributed by atoms with Crippen molar-refractivity contribution >= 4 is 5.82 Å². The van der Waals surface area contributed by atoms with Gasteiger partial charge >= 0.3 is 0 Å². The van der Waals surface area contributed by atoms with Crippen LogP contribution in [0.5, 0.6) is 0 Å². The normalized spacial score (nSPS) is 10.7. The molecule has 0 unspecified atom stereocenters. The molecule has 1 aromatic carbocycles. The van der Waals surface area contributed by atoms with Crippen LogP contribution in [0.2, 0.25) is 0 Å². The van der Waals surface area contributed by atoms with E-state index in [-0.39, 0.29) is 11.6 Å². The molecule has 0 atom stereocenters. The van der Waals surface area contributed by atoms with E-state index >= 15 is 0 Å². The van der Waals surface area contributed by atoms with Crippen LogP contribution < -0.4 is 5.73 Å². The molecule has 0 aliphatic rings. The van der Waals surface area contributed by atoms with Crippen molar-refractivity contribution in [1.82, 2.24) is 20.6 Å². The van der Waals surface area contributed by atoms with Crippen LogP contribution in [0.4, 0.5) is 10.2 Å². The van der Waals surface area contributed by atoms with Gasteiger partial charge in [-0.15, -0.1) is 0 Å². The number of rotatable bonds is 2. The second-order valence-electron chi connectivity index (χ2n) is 3.63. The Morgan fingerprint density at radius 1 is 1.22 bits per heavy atom. The van der Waals surface area contributed by atoms with Crippen LogP contribution in [0.25, 0.3) is 22.6 Å². The molecule has 6 nitrogen and oxygen atoms in total. The molecular formula is C11H8FN5O. The SMILES string of the molecule is Nc1noc(-c2cn[nH]n2)c1-c1ccc(F)cc1. The van der Waals surface area contributed by atoms with Gasteiger partial charge < -0.3 is 10.3 Å². The predicted octanol–water partition coefficient (Wildman–Crippen LogP) is 1.85. The lowest BCUT2D eigenvalue weighted by Gasteiger charge is -2.00. The van der Waals surface area contributed by atoms with Crippen LogP contribution in [0, 0.1) is 5.82 Å². The van der Waals surface area contributed by atoms with E-state index in [0.717, 1.165) is 0 Å². The Bertz CT molecular complexity index is 659. The Labute approximate surface area is 101 Å². The Hall–Kier alpha value is -2.70. The number of nitrogens with zero attached hydrogens (tertiary/aromatic N) is 3. The smallest absolute Gasteiger partial charge is 0.198 e. The van der Waals surface area contributed by atoms with Crippen molar-refractivity contribution in [3.8, 4) is 22.6 Å². The zero-order chi connectivity index (χ0) is 12.5. The number of hydrogen-bond acceptors (Lipinski definition) is 5. The third-order valence-electron chi connectivity index (χ3n) is 2.50. The Morgan fingerprint density at radius 3 is 2.67 bits per heavy atom. The number of aromatic nitrogens is 4. The van der Waals surface area contributed by atoms with Gasteiger partial charge in [0, 0.05) is 0 Å². The van der Waals surface area contributed by atoms with E-state index < -0.39 is 0 Å². The van der Waals surface area contributed by atoms with Crippen molar-refractivity contribution in [1.29, 1.82) is 0 Å². The summed E-state index contributed by atoms with van der Waals surface area (Å²) in [6.07, 6.45) is 1.49. The van der Waals surface area contributed by atoms with Gasteiger partial charge in [-0.25, -0.2) is 4.39 Å². The first-order valence-corrected chi connectivity index (χ1v) is 5.13. The summed E-state index contributed by atoms with van der Waals surface area (Å²) in [5, 5.41) is 13.8. The van der Waals surface area contributed by atoms with Crippen molar-refractivity contribution in [3.05, 3.63) is 36.3 Å². The van der Waals surface area contributed by atoms with Crippen molar-refractivity contribution in [2.24, 2.45) is 0 Å². The van der Waals surface area contributed by atoms with Crippen molar-refractivity contribution < 1.29 is 8.91 Å². The van der Waals surface area contributed by atoms with E-state index in [0.29, 0.717) is 22.6 Å². The maximum absolute atomic E-state index is 12.9. The molecule has 7 heteroatoms. The third-order valence-corrected chi connectivity index (χ3v) is 2.50. The molecule has 0 bridgehead atoms. The highest BCUT2D eigenvalue weighted by atomic mass is 19.1. The lowest BCUT2D eigenvalue weighted by Crippen LogP contribution is -1.89. The van der Waals surface area contributed by atoms with Gasteiger partial charge in [-0.1, -0.05) is 17.3 Å². The van der Waals surface area contributed by atoms with E-state index in [1.807, 2.05) is 0 Å². The molecule has 0 spiro atoms. The first-order chi connectivity index (χ1) is 8.75. The average Bonchev–Trinajstić information content (AvgIpc) is 2.99. The quantitative estimate of drug-likeness (QED) is 0.718.